The SMILES string of the molecule is CCN(CC(=O)N1CCCCC1c1nc(-c2cccc(Cl)c2)no1)C(=O)C1CCCCC1. The van der Waals surface area contributed by atoms with E-state index in [0.717, 1.165) is 50.5 Å². The van der Waals surface area contributed by atoms with Crippen molar-refractivity contribution >= 4 is 23.4 Å². The van der Waals surface area contributed by atoms with Crippen LogP contribution in [-0.4, -0.2) is 51.4 Å². The molecule has 2 aromatic rings. The fraction of sp³-hybridized carbons (Fsp3) is 0.583. The van der Waals surface area contributed by atoms with E-state index in [1.165, 1.54) is 6.42 Å². The molecule has 1 aliphatic carbocycles. The van der Waals surface area contributed by atoms with E-state index in [1.54, 1.807) is 17.0 Å². The van der Waals surface area contributed by atoms with E-state index in [9.17, 15) is 9.59 Å². The molecule has 1 unspecified atom stereocenters. The topological polar surface area (TPSA) is 79.5 Å². The molecule has 2 amide bonds. The molecule has 172 valence electrons. The number of carbonyl (C=O) groups excluding carboxylic acids is 2. The van der Waals surface area contributed by atoms with E-state index in [-0.39, 0.29) is 30.3 Å². The molecule has 1 aliphatic heterocycles. The van der Waals surface area contributed by atoms with E-state index in [2.05, 4.69) is 10.1 Å². The maximum absolute atomic E-state index is 13.3. The van der Waals surface area contributed by atoms with Crippen LogP contribution in [0.1, 0.15) is 70.2 Å². The second-order valence-corrected chi connectivity index (χ2v) is 9.19. The second kappa shape index (κ2) is 10.5. The third kappa shape index (κ3) is 5.14. The Kier molecular flexibility index (Phi) is 7.45. The molecule has 1 saturated carbocycles. The molecule has 1 atom stereocenters. The number of hydrogen-bond donors (Lipinski definition) is 0. The van der Waals surface area contributed by atoms with Crippen LogP contribution in [0.5, 0.6) is 0 Å². The Morgan fingerprint density at radius 1 is 1.16 bits per heavy atom. The van der Waals surface area contributed by atoms with Gasteiger partial charge in [-0.1, -0.05) is 48.2 Å². The van der Waals surface area contributed by atoms with Crippen molar-refractivity contribution in [1.29, 1.82) is 0 Å². The van der Waals surface area contributed by atoms with E-state index in [1.807, 2.05) is 24.0 Å². The molecule has 2 fully saturated rings. The van der Waals surface area contributed by atoms with Crippen molar-refractivity contribution in [1.82, 2.24) is 19.9 Å². The fourth-order valence-electron chi connectivity index (χ4n) is 4.81. The Morgan fingerprint density at radius 3 is 2.69 bits per heavy atom. The highest BCUT2D eigenvalue weighted by Gasteiger charge is 2.34. The molecule has 1 saturated heterocycles. The Morgan fingerprint density at radius 2 is 1.94 bits per heavy atom. The quantitative estimate of drug-likeness (QED) is 0.616. The number of nitrogens with zero attached hydrogens (tertiary/aromatic N) is 4. The van der Waals surface area contributed by atoms with Crippen LogP contribution < -0.4 is 0 Å². The van der Waals surface area contributed by atoms with Gasteiger partial charge >= 0.3 is 0 Å². The summed E-state index contributed by atoms with van der Waals surface area (Å²) in [5.74, 6) is 1.03. The lowest BCUT2D eigenvalue weighted by atomic mass is 9.88. The summed E-state index contributed by atoms with van der Waals surface area (Å²) in [6.45, 7) is 3.22. The minimum absolute atomic E-state index is 0.0526. The van der Waals surface area contributed by atoms with Gasteiger partial charge < -0.3 is 14.3 Å². The molecular weight excluding hydrogens is 428 g/mol. The van der Waals surface area contributed by atoms with Crippen molar-refractivity contribution in [2.24, 2.45) is 5.92 Å². The van der Waals surface area contributed by atoms with Crippen LogP contribution >= 0.6 is 11.6 Å². The highest BCUT2D eigenvalue weighted by molar-refractivity contribution is 6.30. The average molecular weight is 459 g/mol. The molecule has 1 aromatic carbocycles. The summed E-state index contributed by atoms with van der Waals surface area (Å²) in [7, 11) is 0. The lowest BCUT2D eigenvalue weighted by molar-refractivity contribution is -0.145. The van der Waals surface area contributed by atoms with Crippen LogP contribution in [0, 0.1) is 5.92 Å². The summed E-state index contributed by atoms with van der Waals surface area (Å²) in [6.07, 6.45) is 7.96. The lowest BCUT2D eigenvalue weighted by Gasteiger charge is -2.35. The van der Waals surface area contributed by atoms with Gasteiger partial charge in [-0.3, -0.25) is 9.59 Å². The van der Waals surface area contributed by atoms with Crippen LogP contribution in [0.3, 0.4) is 0 Å². The molecule has 0 radical (unpaired) electrons. The molecule has 0 bridgehead atoms. The van der Waals surface area contributed by atoms with Gasteiger partial charge in [-0.25, -0.2) is 0 Å². The Labute approximate surface area is 194 Å². The van der Waals surface area contributed by atoms with Gasteiger partial charge in [0.2, 0.25) is 23.5 Å². The Bertz CT molecular complexity index is 941. The van der Waals surface area contributed by atoms with Crippen molar-refractivity contribution in [3.8, 4) is 11.4 Å². The van der Waals surface area contributed by atoms with Gasteiger partial charge in [0.15, 0.2) is 0 Å². The summed E-state index contributed by atoms with van der Waals surface area (Å²) >= 11 is 6.09. The first-order valence-corrected chi connectivity index (χ1v) is 12.1. The molecule has 1 aromatic heterocycles. The van der Waals surface area contributed by atoms with Crippen LogP contribution in [0.2, 0.25) is 5.02 Å². The third-order valence-electron chi connectivity index (χ3n) is 6.61. The molecule has 32 heavy (non-hydrogen) atoms. The number of carbonyl (C=O) groups is 2. The monoisotopic (exact) mass is 458 g/mol. The minimum Gasteiger partial charge on any atom is -0.337 e. The number of aromatic nitrogens is 2. The van der Waals surface area contributed by atoms with Gasteiger partial charge in [-0.15, -0.1) is 0 Å². The maximum atomic E-state index is 13.3. The minimum atomic E-state index is -0.264. The molecule has 2 aliphatic rings. The van der Waals surface area contributed by atoms with Crippen molar-refractivity contribution in [3.63, 3.8) is 0 Å². The highest BCUT2D eigenvalue weighted by atomic mass is 35.5. The van der Waals surface area contributed by atoms with Crippen LogP contribution in [0.25, 0.3) is 11.4 Å². The molecule has 8 heteroatoms. The number of likely N-dealkylation sites (N-methyl/N-ethyl adjacent to an activating group) is 1. The van der Waals surface area contributed by atoms with Crippen molar-refractivity contribution in [3.05, 3.63) is 35.2 Å². The summed E-state index contributed by atoms with van der Waals surface area (Å²) < 4.78 is 5.57. The predicted octanol–water partition coefficient (Wildman–Crippen LogP) is 4.87. The predicted molar refractivity (Wildman–Crippen MR) is 122 cm³/mol. The largest absolute Gasteiger partial charge is 0.337 e. The van der Waals surface area contributed by atoms with Gasteiger partial charge in [0.1, 0.15) is 6.04 Å². The first kappa shape index (κ1) is 22.8. The fourth-order valence-corrected chi connectivity index (χ4v) is 5.00. The summed E-state index contributed by atoms with van der Waals surface area (Å²) in [5, 5.41) is 4.72. The van der Waals surface area contributed by atoms with Crippen LogP contribution in [-0.2, 0) is 9.59 Å². The van der Waals surface area contributed by atoms with Gasteiger partial charge in [0.25, 0.3) is 0 Å². The molecule has 7 nitrogen and oxygen atoms in total. The van der Waals surface area contributed by atoms with Gasteiger partial charge in [0.05, 0.1) is 6.54 Å². The van der Waals surface area contributed by atoms with Crippen molar-refractivity contribution in [2.75, 3.05) is 19.6 Å². The first-order chi connectivity index (χ1) is 15.6. The first-order valence-electron chi connectivity index (χ1n) is 11.7. The van der Waals surface area contributed by atoms with Crippen molar-refractivity contribution in [2.45, 2.75) is 64.3 Å². The number of benzene rings is 1. The summed E-state index contributed by atoms with van der Waals surface area (Å²) in [5.41, 5.74) is 0.774. The van der Waals surface area contributed by atoms with Gasteiger partial charge in [-0.05, 0) is 51.2 Å². The average Bonchev–Trinajstić information content (AvgIpc) is 3.33. The molecular formula is C24H31ClN4O3. The Balaban J connectivity index is 1.47. The van der Waals surface area contributed by atoms with Gasteiger partial charge in [-0.2, -0.15) is 4.98 Å². The molecule has 0 N–H and O–H groups in total. The second-order valence-electron chi connectivity index (χ2n) is 8.75. The number of piperidine rings is 1. The normalized spacial score (nSPS) is 19.7. The Hall–Kier alpha value is -2.41. The number of rotatable bonds is 6. The smallest absolute Gasteiger partial charge is 0.249 e. The zero-order chi connectivity index (χ0) is 22.5. The van der Waals surface area contributed by atoms with Crippen LogP contribution in [0.15, 0.2) is 28.8 Å². The third-order valence-corrected chi connectivity index (χ3v) is 6.84. The lowest BCUT2D eigenvalue weighted by Crippen LogP contribution is -2.47. The standard InChI is InChI=1S/C24H31ClN4O3/c1-2-28(24(31)17-9-4-3-5-10-17)16-21(30)29-14-7-6-13-20(29)23-26-22(27-32-23)18-11-8-12-19(25)15-18/h8,11-12,15,17,20H,2-7,9-10,13-14,16H2,1H3. The molecule has 2 heterocycles. The summed E-state index contributed by atoms with van der Waals surface area (Å²) in [6, 6.07) is 7.03. The zero-order valence-electron chi connectivity index (χ0n) is 18.6. The maximum Gasteiger partial charge on any atom is 0.249 e. The van der Waals surface area contributed by atoms with E-state index in [4.69, 9.17) is 16.1 Å². The van der Waals surface area contributed by atoms with E-state index in [0.29, 0.717) is 29.8 Å². The van der Waals surface area contributed by atoms with E-state index >= 15 is 0 Å². The van der Waals surface area contributed by atoms with Crippen molar-refractivity contribution < 1.29 is 14.1 Å². The zero-order valence-corrected chi connectivity index (χ0v) is 19.4. The number of hydrogen-bond acceptors (Lipinski definition) is 5. The summed E-state index contributed by atoms with van der Waals surface area (Å²) in [4.78, 5) is 34.4. The number of amides is 2. The van der Waals surface area contributed by atoms with Gasteiger partial charge in [0, 0.05) is 29.6 Å². The molecule has 0 spiro atoms. The highest BCUT2D eigenvalue weighted by Crippen LogP contribution is 2.32. The number of halogens is 1. The van der Waals surface area contributed by atoms with Crippen LogP contribution in [0.4, 0.5) is 0 Å². The number of likely N-dealkylation sites (tertiary alicyclic amines) is 1. The molecule has 4 rings (SSSR count). The van der Waals surface area contributed by atoms with E-state index < -0.39 is 0 Å².